The number of thiophene rings is 1. The lowest BCUT2D eigenvalue weighted by Gasteiger charge is -2.11. The molecule has 6 nitrogen and oxygen atoms in total. The van der Waals surface area contributed by atoms with Crippen LogP contribution in [-0.4, -0.2) is 19.7 Å². The lowest BCUT2D eigenvalue weighted by atomic mass is 10.2. The van der Waals surface area contributed by atoms with Gasteiger partial charge in [-0.15, -0.1) is 11.3 Å². The molecule has 26 heavy (non-hydrogen) atoms. The van der Waals surface area contributed by atoms with E-state index in [2.05, 4.69) is 15.1 Å². The lowest BCUT2D eigenvalue weighted by molar-refractivity contribution is 0.380. The van der Waals surface area contributed by atoms with Crippen LogP contribution in [0.2, 0.25) is 0 Å². The highest BCUT2D eigenvalue weighted by molar-refractivity contribution is 7.99. The Morgan fingerprint density at radius 3 is 2.81 bits per heavy atom. The van der Waals surface area contributed by atoms with E-state index >= 15 is 0 Å². The molecule has 0 saturated carbocycles. The normalized spacial score (nSPS) is 12.5. The van der Waals surface area contributed by atoms with Gasteiger partial charge in [-0.2, -0.15) is 4.98 Å². The van der Waals surface area contributed by atoms with Crippen molar-refractivity contribution in [2.24, 2.45) is 0 Å². The van der Waals surface area contributed by atoms with E-state index in [1.165, 1.54) is 23.1 Å². The van der Waals surface area contributed by atoms with Crippen LogP contribution in [0.4, 0.5) is 0 Å². The molecular formula is C18H16N4O2S2. The van der Waals surface area contributed by atoms with Gasteiger partial charge in [0.05, 0.1) is 10.8 Å². The monoisotopic (exact) mass is 384 g/mol. The molecule has 132 valence electrons. The molecule has 1 unspecified atom stereocenters. The average Bonchev–Trinajstić information content (AvgIpc) is 3.32. The van der Waals surface area contributed by atoms with E-state index in [4.69, 9.17) is 4.52 Å². The minimum atomic E-state index is -0.124. The van der Waals surface area contributed by atoms with Crippen molar-refractivity contribution in [3.8, 4) is 11.4 Å². The van der Waals surface area contributed by atoms with Crippen molar-refractivity contribution in [3.05, 3.63) is 58.0 Å². The highest BCUT2D eigenvalue weighted by Gasteiger charge is 2.20. The van der Waals surface area contributed by atoms with Gasteiger partial charge >= 0.3 is 0 Å². The maximum Gasteiger partial charge on any atom is 0.272 e. The second-order valence-corrected chi connectivity index (χ2v) is 7.89. The molecule has 0 amide bonds. The van der Waals surface area contributed by atoms with Gasteiger partial charge in [0.2, 0.25) is 11.7 Å². The van der Waals surface area contributed by atoms with Gasteiger partial charge in [-0.3, -0.25) is 9.36 Å². The summed E-state index contributed by atoms with van der Waals surface area (Å²) in [6.07, 6.45) is 0. The van der Waals surface area contributed by atoms with Gasteiger partial charge in [0.25, 0.3) is 5.56 Å². The molecular weight excluding hydrogens is 368 g/mol. The number of nitrogens with zero attached hydrogens (tertiary/aromatic N) is 4. The second kappa shape index (κ2) is 7.05. The maximum atomic E-state index is 12.6. The van der Waals surface area contributed by atoms with E-state index in [0.717, 1.165) is 11.1 Å². The van der Waals surface area contributed by atoms with Gasteiger partial charge in [-0.1, -0.05) is 47.3 Å². The topological polar surface area (TPSA) is 73.8 Å². The molecule has 0 radical (unpaired) electrons. The van der Waals surface area contributed by atoms with E-state index < -0.39 is 0 Å². The SMILES string of the molecule is CCn1c(SC(C)c2nc(-c3ccccc3)no2)nc2ccsc2c1=O. The molecule has 0 aliphatic heterocycles. The largest absolute Gasteiger partial charge is 0.338 e. The van der Waals surface area contributed by atoms with Gasteiger partial charge in [-0.05, 0) is 25.3 Å². The first-order chi connectivity index (χ1) is 12.7. The molecule has 0 saturated heterocycles. The molecule has 0 N–H and O–H groups in total. The zero-order chi connectivity index (χ0) is 18.1. The zero-order valence-electron chi connectivity index (χ0n) is 14.2. The molecule has 8 heteroatoms. The Kier molecular flexibility index (Phi) is 4.60. The number of benzene rings is 1. The van der Waals surface area contributed by atoms with Gasteiger partial charge in [-0.25, -0.2) is 4.98 Å². The van der Waals surface area contributed by atoms with Crippen LogP contribution < -0.4 is 5.56 Å². The number of hydrogen-bond acceptors (Lipinski definition) is 7. The van der Waals surface area contributed by atoms with Crippen molar-refractivity contribution < 1.29 is 4.52 Å². The van der Waals surface area contributed by atoms with E-state index in [1.54, 1.807) is 4.57 Å². The van der Waals surface area contributed by atoms with Crippen molar-refractivity contribution in [2.75, 3.05) is 0 Å². The Balaban J connectivity index is 1.64. The smallest absolute Gasteiger partial charge is 0.272 e. The summed E-state index contributed by atoms with van der Waals surface area (Å²) in [5, 5.41) is 6.49. The quantitative estimate of drug-likeness (QED) is 0.375. The van der Waals surface area contributed by atoms with Crippen molar-refractivity contribution in [1.29, 1.82) is 0 Å². The zero-order valence-corrected chi connectivity index (χ0v) is 15.9. The lowest BCUT2D eigenvalue weighted by Crippen LogP contribution is -2.21. The molecule has 0 bridgehead atoms. The van der Waals surface area contributed by atoms with Crippen molar-refractivity contribution in [1.82, 2.24) is 19.7 Å². The van der Waals surface area contributed by atoms with E-state index in [9.17, 15) is 4.79 Å². The average molecular weight is 384 g/mol. The molecule has 0 aliphatic carbocycles. The third kappa shape index (κ3) is 3.06. The third-order valence-corrected chi connectivity index (χ3v) is 5.92. The molecule has 3 aromatic heterocycles. The molecule has 1 atom stereocenters. The van der Waals surface area contributed by atoms with Crippen LogP contribution in [0.1, 0.15) is 25.0 Å². The van der Waals surface area contributed by atoms with Crippen LogP contribution in [0, 0.1) is 0 Å². The van der Waals surface area contributed by atoms with E-state index in [1.807, 2.05) is 55.6 Å². The highest BCUT2D eigenvalue weighted by Crippen LogP contribution is 2.34. The molecule has 3 heterocycles. The molecule has 0 fully saturated rings. The third-order valence-electron chi connectivity index (χ3n) is 3.95. The van der Waals surface area contributed by atoms with Crippen LogP contribution in [0.25, 0.3) is 21.6 Å². The molecule has 0 aliphatic rings. The van der Waals surface area contributed by atoms with E-state index in [-0.39, 0.29) is 10.8 Å². The predicted molar refractivity (Wildman–Crippen MR) is 104 cm³/mol. The maximum absolute atomic E-state index is 12.6. The molecule has 4 aromatic rings. The Morgan fingerprint density at radius 2 is 2.04 bits per heavy atom. The Hall–Kier alpha value is -2.45. The Morgan fingerprint density at radius 1 is 1.23 bits per heavy atom. The first kappa shape index (κ1) is 17.0. The molecule has 1 aromatic carbocycles. The summed E-state index contributed by atoms with van der Waals surface area (Å²) < 4.78 is 7.81. The fraction of sp³-hybridized carbons (Fsp3) is 0.222. The number of hydrogen-bond donors (Lipinski definition) is 0. The summed E-state index contributed by atoms with van der Waals surface area (Å²) in [4.78, 5) is 21.8. The minimum absolute atomic E-state index is 0.00213. The summed E-state index contributed by atoms with van der Waals surface area (Å²) >= 11 is 2.87. The van der Waals surface area contributed by atoms with Crippen LogP contribution in [0.15, 0.2) is 56.3 Å². The number of rotatable bonds is 5. The van der Waals surface area contributed by atoms with E-state index in [0.29, 0.717) is 28.1 Å². The summed E-state index contributed by atoms with van der Waals surface area (Å²) in [5.74, 6) is 1.07. The fourth-order valence-electron chi connectivity index (χ4n) is 2.61. The number of aromatic nitrogens is 4. The first-order valence-electron chi connectivity index (χ1n) is 8.21. The summed E-state index contributed by atoms with van der Waals surface area (Å²) in [5.41, 5.74) is 1.63. The van der Waals surface area contributed by atoms with Gasteiger partial charge in [0, 0.05) is 12.1 Å². The van der Waals surface area contributed by atoms with Gasteiger partial charge in [0.1, 0.15) is 4.70 Å². The second-order valence-electron chi connectivity index (χ2n) is 5.66. The van der Waals surface area contributed by atoms with Crippen LogP contribution in [0.5, 0.6) is 0 Å². The summed E-state index contributed by atoms with van der Waals surface area (Å²) in [6, 6.07) is 11.6. The van der Waals surface area contributed by atoms with Crippen LogP contribution in [0.3, 0.4) is 0 Å². The van der Waals surface area contributed by atoms with Crippen LogP contribution >= 0.6 is 23.1 Å². The van der Waals surface area contributed by atoms with Crippen LogP contribution in [-0.2, 0) is 6.54 Å². The van der Waals surface area contributed by atoms with Gasteiger partial charge < -0.3 is 4.52 Å². The summed E-state index contributed by atoms with van der Waals surface area (Å²) in [7, 11) is 0. The first-order valence-corrected chi connectivity index (χ1v) is 9.97. The predicted octanol–water partition coefficient (Wildman–Crippen LogP) is 4.38. The fourth-order valence-corrected chi connectivity index (χ4v) is 4.39. The number of fused-ring (bicyclic) bond motifs is 1. The highest BCUT2D eigenvalue weighted by atomic mass is 32.2. The standard InChI is InChI=1S/C18H16N4O2S2/c1-3-22-17(23)14-13(9-10-25-14)19-18(22)26-11(2)16-20-15(21-24-16)12-7-5-4-6-8-12/h4-11H,3H2,1-2H3. The number of thioether (sulfide) groups is 1. The van der Waals surface area contributed by atoms with Crippen molar-refractivity contribution in [3.63, 3.8) is 0 Å². The van der Waals surface area contributed by atoms with Gasteiger partial charge in [0.15, 0.2) is 5.16 Å². The Bertz CT molecular complexity index is 1100. The minimum Gasteiger partial charge on any atom is -0.338 e. The Labute approximate surface area is 157 Å². The molecule has 0 spiro atoms. The summed E-state index contributed by atoms with van der Waals surface area (Å²) in [6.45, 7) is 4.47. The van der Waals surface area contributed by atoms with Crippen molar-refractivity contribution >= 4 is 33.3 Å². The molecule has 4 rings (SSSR count). The van der Waals surface area contributed by atoms with Crippen molar-refractivity contribution in [2.45, 2.75) is 30.8 Å².